The highest BCUT2D eigenvalue weighted by Gasteiger charge is 2.11. The lowest BCUT2D eigenvalue weighted by Gasteiger charge is -2.06. The molecule has 0 unspecified atom stereocenters. The summed E-state index contributed by atoms with van der Waals surface area (Å²) in [6, 6.07) is 3.54. The van der Waals surface area contributed by atoms with E-state index in [1.165, 1.54) is 0 Å². The van der Waals surface area contributed by atoms with Crippen molar-refractivity contribution in [1.82, 2.24) is 14.8 Å². The molecule has 0 aliphatic heterocycles. The molecule has 90 valence electrons. The average Bonchev–Trinajstić information content (AvgIpc) is 2.50. The second-order valence-corrected chi connectivity index (χ2v) is 4.85. The van der Waals surface area contributed by atoms with E-state index >= 15 is 0 Å². The van der Waals surface area contributed by atoms with Crippen LogP contribution in [-0.4, -0.2) is 14.8 Å². The first-order valence-corrected chi connectivity index (χ1v) is 6.13. The lowest BCUT2D eigenvalue weighted by atomic mass is 10.3. The second-order valence-electron chi connectivity index (χ2n) is 3.73. The topological polar surface area (TPSA) is 30.7 Å². The molecular weight excluding hydrogens is 281 g/mol. The summed E-state index contributed by atoms with van der Waals surface area (Å²) in [5.41, 5.74) is 2.58. The normalized spacial score (nSPS) is 10.9. The molecule has 0 aliphatic carbocycles. The molecule has 0 spiro atoms. The van der Waals surface area contributed by atoms with Gasteiger partial charge < -0.3 is 0 Å². The third kappa shape index (κ3) is 2.57. The SMILES string of the molecule is Cc1nn(Cc2ccc(Cl)nc2Cl)c(C)c1Cl. The van der Waals surface area contributed by atoms with E-state index in [0.29, 0.717) is 21.9 Å². The van der Waals surface area contributed by atoms with Crippen LogP contribution in [0.25, 0.3) is 0 Å². The van der Waals surface area contributed by atoms with Crippen LogP contribution in [0.15, 0.2) is 12.1 Å². The minimum absolute atomic E-state index is 0.380. The zero-order valence-electron chi connectivity index (χ0n) is 9.34. The maximum atomic E-state index is 6.08. The summed E-state index contributed by atoms with van der Waals surface area (Å²) < 4.78 is 1.80. The Morgan fingerprint density at radius 1 is 1.18 bits per heavy atom. The number of hydrogen-bond acceptors (Lipinski definition) is 2. The molecule has 0 aromatic carbocycles. The van der Waals surface area contributed by atoms with E-state index in [9.17, 15) is 0 Å². The van der Waals surface area contributed by atoms with Crippen molar-refractivity contribution >= 4 is 34.8 Å². The predicted octanol–water partition coefficient (Wildman–Crippen LogP) is 3.90. The third-order valence-electron chi connectivity index (χ3n) is 2.51. The summed E-state index contributed by atoms with van der Waals surface area (Å²) in [6.45, 7) is 4.32. The highest BCUT2D eigenvalue weighted by Crippen LogP contribution is 2.22. The first-order valence-electron chi connectivity index (χ1n) is 4.99. The number of halogens is 3. The summed E-state index contributed by atoms with van der Waals surface area (Å²) in [7, 11) is 0. The van der Waals surface area contributed by atoms with Gasteiger partial charge in [-0.3, -0.25) is 4.68 Å². The van der Waals surface area contributed by atoms with Gasteiger partial charge >= 0.3 is 0 Å². The lowest BCUT2D eigenvalue weighted by molar-refractivity contribution is 0.657. The summed E-state index contributed by atoms with van der Waals surface area (Å²) >= 11 is 17.8. The smallest absolute Gasteiger partial charge is 0.135 e. The Hall–Kier alpha value is -0.770. The number of rotatable bonds is 2. The van der Waals surface area contributed by atoms with Crippen molar-refractivity contribution in [2.45, 2.75) is 20.4 Å². The van der Waals surface area contributed by atoms with Crippen molar-refractivity contribution in [3.05, 3.63) is 44.4 Å². The van der Waals surface area contributed by atoms with Crippen molar-refractivity contribution in [3.8, 4) is 0 Å². The fraction of sp³-hybridized carbons (Fsp3) is 0.273. The number of aryl methyl sites for hydroxylation is 1. The molecule has 2 aromatic rings. The zero-order valence-corrected chi connectivity index (χ0v) is 11.6. The van der Waals surface area contributed by atoms with Crippen LogP contribution in [0.5, 0.6) is 0 Å². The molecule has 0 atom stereocenters. The lowest BCUT2D eigenvalue weighted by Crippen LogP contribution is -2.05. The van der Waals surface area contributed by atoms with Gasteiger partial charge in [-0.05, 0) is 19.9 Å². The largest absolute Gasteiger partial charge is 0.264 e. The van der Waals surface area contributed by atoms with Crippen molar-refractivity contribution in [1.29, 1.82) is 0 Å². The van der Waals surface area contributed by atoms with E-state index in [2.05, 4.69) is 10.1 Å². The molecule has 0 saturated carbocycles. The Kier molecular flexibility index (Phi) is 3.61. The minimum atomic E-state index is 0.380. The number of nitrogens with zero attached hydrogens (tertiary/aromatic N) is 3. The second kappa shape index (κ2) is 4.84. The van der Waals surface area contributed by atoms with E-state index in [4.69, 9.17) is 34.8 Å². The Morgan fingerprint density at radius 3 is 2.41 bits per heavy atom. The molecule has 0 N–H and O–H groups in total. The van der Waals surface area contributed by atoms with Crippen LogP contribution in [0.3, 0.4) is 0 Å². The summed E-state index contributed by atoms with van der Waals surface area (Å²) in [5.74, 6) is 0. The fourth-order valence-electron chi connectivity index (χ4n) is 1.55. The van der Waals surface area contributed by atoms with Crippen molar-refractivity contribution in [2.75, 3.05) is 0 Å². The fourth-order valence-corrected chi connectivity index (χ4v) is 2.09. The standard InChI is InChI=1S/C11H10Cl3N3/c1-6-10(13)7(2)17(16-6)5-8-3-4-9(12)15-11(8)14/h3-4H,5H2,1-2H3. The van der Waals surface area contributed by atoms with Gasteiger partial charge in [-0.1, -0.05) is 40.9 Å². The number of hydrogen-bond donors (Lipinski definition) is 0. The van der Waals surface area contributed by atoms with Gasteiger partial charge in [-0.25, -0.2) is 4.98 Å². The molecule has 2 rings (SSSR count). The highest BCUT2D eigenvalue weighted by molar-refractivity contribution is 6.33. The van der Waals surface area contributed by atoms with Crippen LogP contribution < -0.4 is 0 Å². The molecule has 0 radical (unpaired) electrons. The zero-order chi connectivity index (χ0) is 12.6. The molecule has 0 amide bonds. The first-order chi connectivity index (χ1) is 7.99. The van der Waals surface area contributed by atoms with Crippen LogP contribution in [-0.2, 0) is 6.54 Å². The average molecular weight is 291 g/mol. The predicted molar refractivity (Wildman–Crippen MR) is 70.1 cm³/mol. The molecule has 0 aliphatic rings. The van der Waals surface area contributed by atoms with Gasteiger partial charge in [0.1, 0.15) is 10.3 Å². The number of aromatic nitrogens is 3. The van der Waals surface area contributed by atoms with Crippen molar-refractivity contribution in [3.63, 3.8) is 0 Å². The van der Waals surface area contributed by atoms with E-state index in [1.807, 2.05) is 19.9 Å². The minimum Gasteiger partial charge on any atom is -0.264 e. The quantitative estimate of drug-likeness (QED) is 0.785. The van der Waals surface area contributed by atoms with Crippen molar-refractivity contribution in [2.24, 2.45) is 0 Å². The maximum Gasteiger partial charge on any atom is 0.135 e. The third-order valence-corrected chi connectivity index (χ3v) is 3.59. The van der Waals surface area contributed by atoms with E-state index in [-0.39, 0.29) is 0 Å². The Balaban J connectivity index is 2.34. The molecule has 2 aromatic heterocycles. The van der Waals surface area contributed by atoms with E-state index < -0.39 is 0 Å². The van der Waals surface area contributed by atoms with Crippen LogP contribution in [0.4, 0.5) is 0 Å². The Bertz CT molecular complexity index is 563. The molecule has 0 bridgehead atoms. The van der Waals surface area contributed by atoms with Gasteiger partial charge in [0, 0.05) is 5.56 Å². The Labute approximate surface area is 114 Å². The van der Waals surface area contributed by atoms with E-state index in [1.54, 1.807) is 10.7 Å². The summed E-state index contributed by atoms with van der Waals surface area (Å²) in [4.78, 5) is 3.99. The highest BCUT2D eigenvalue weighted by atomic mass is 35.5. The molecule has 6 heteroatoms. The summed E-state index contributed by atoms with van der Waals surface area (Å²) in [6.07, 6.45) is 0. The van der Waals surface area contributed by atoms with Gasteiger partial charge in [-0.2, -0.15) is 5.10 Å². The molecule has 3 nitrogen and oxygen atoms in total. The molecule has 0 fully saturated rings. The first kappa shape index (κ1) is 12.7. The molecule has 0 saturated heterocycles. The molecule has 17 heavy (non-hydrogen) atoms. The van der Waals surface area contributed by atoms with Crippen LogP contribution in [0.1, 0.15) is 17.0 Å². The van der Waals surface area contributed by atoms with Crippen LogP contribution in [0.2, 0.25) is 15.3 Å². The summed E-state index contributed by atoms with van der Waals surface area (Å²) in [5, 5.41) is 5.79. The van der Waals surface area contributed by atoms with Gasteiger partial charge in [-0.15, -0.1) is 0 Å². The Morgan fingerprint density at radius 2 is 1.88 bits per heavy atom. The monoisotopic (exact) mass is 289 g/mol. The number of pyridine rings is 1. The van der Waals surface area contributed by atoms with Gasteiger partial charge in [0.25, 0.3) is 0 Å². The van der Waals surface area contributed by atoms with Gasteiger partial charge in [0.15, 0.2) is 0 Å². The molecular formula is C11H10Cl3N3. The molecule has 2 heterocycles. The van der Waals surface area contributed by atoms with Crippen LogP contribution in [0, 0.1) is 13.8 Å². The van der Waals surface area contributed by atoms with Gasteiger partial charge in [0.05, 0.1) is 23.0 Å². The van der Waals surface area contributed by atoms with Crippen molar-refractivity contribution < 1.29 is 0 Å². The van der Waals surface area contributed by atoms with Gasteiger partial charge in [0.2, 0.25) is 0 Å². The maximum absolute atomic E-state index is 6.08. The van der Waals surface area contributed by atoms with E-state index in [0.717, 1.165) is 17.0 Å². The van der Waals surface area contributed by atoms with Crippen LogP contribution >= 0.6 is 34.8 Å².